The molecule has 0 spiro atoms. The Bertz CT molecular complexity index is 573. The van der Waals surface area contributed by atoms with Gasteiger partial charge >= 0.3 is 0 Å². The van der Waals surface area contributed by atoms with Gasteiger partial charge in [-0.15, -0.1) is 11.6 Å². The summed E-state index contributed by atoms with van der Waals surface area (Å²) in [6.45, 7) is 4.07. The van der Waals surface area contributed by atoms with E-state index in [1.165, 1.54) is 23.3 Å². The second-order valence-electron chi connectivity index (χ2n) is 4.79. The Balaban J connectivity index is 2.20. The molecule has 0 aliphatic carbocycles. The number of rotatable bonds is 3. The lowest BCUT2D eigenvalue weighted by Gasteiger charge is -2.12. The maximum Gasteiger partial charge on any atom is 0.126 e. The van der Waals surface area contributed by atoms with Gasteiger partial charge in [-0.3, -0.25) is 0 Å². The fourth-order valence-electron chi connectivity index (χ4n) is 2.01. The summed E-state index contributed by atoms with van der Waals surface area (Å²) >= 11 is 6.24. The number of aryl methyl sites for hydroxylation is 2. The van der Waals surface area contributed by atoms with Gasteiger partial charge in [0.25, 0.3) is 0 Å². The van der Waals surface area contributed by atoms with Gasteiger partial charge in [0.05, 0.1) is 5.38 Å². The third-order valence-electron chi connectivity index (χ3n) is 3.23. The van der Waals surface area contributed by atoms with E-state index in [1.54, 1.807) is 0 Å². The summed E-state index contributed by atoms with van der Waals surface area (Å²) in [7, 11) is 0. The van der Waals surface area contributed by atoms with Crippen molar-refractivity contribution < 1.29 is 8.78 Å². The largest absolute Gasteiger partial charge is 0.207 e. The zero-order valence-electron chi connectivity index (χ0n) is 10.9. The summed E-state index contributed by atoms with van der Waals surface area (Å²) in [5.74, 6) is -1.19. The summed E-state index contributed by atoms with van der Waals surface area (Å²) in [5.41, 5.74) is 3.93. The van der Waals surface area contributed by atoms with Crippen molar-refractivity contribution in [1.29, 1.82) is 0 Å². The quantitative estimate of drug-likeness (QED) is 0.686. The van der Waals surface area contributed by atoms with Crippen LogP contribution in [-0.2, 0) is 6.42 Å². The molecule has 1 unspecified atom stereocenters. The summed E-state index contributed by atoms with van der Waals surface area (Å²) in [6, 6.07) is 9.49. The van der Waals surface area contributed by atoms with Gasteiger partial charge < -0.3 is 0 Å². The Morgan fingerprint density at radius 3 is 2.16 bits per heavy atom. The van der Waals surface area contributed by atoms with E-state index in [0.29, 0.717) is 12.0 Å². The number of hydrogen-bond donors (Lipinski definition) is 0. The van der Waals surface area contributed by atoms with Gasteiger partial charge in [-0.25, -0.2) is 8.78 Å². The van der Waals surface area contributed by atoms with Gasteiger partial charge in [-0.05, 0) is 54.7 Å². The zero-order valence-corrected chi connectivity index (χ0v) is 11.6. The van der Waals surface area contributed by atoms with Crippen molar-refractivity contribution in [1.82, 2.24) is 0 Å². The topological polar surface area (TPSA) is 0 Å². The standard InChI is InChI=1S/C16H15ClF2/c1-10-3-4-12(5-11(10)2)6-16(17)13-7-14(18)9-15(19)8-13/h3-5,7-9,16H,6H2,1-2H3. The van der Waals surface area contributed by atoms with E-state index >= 15 is 0 Å². The number of benzene rings is 2. The van der Waals surface area contributed by atoms with Crippen LogP contribution in [0.25, 0.3) is 0 Å². The number of hydrogen-bond acceptors (Lipinski definition) is 0. The van der Waals surface area contributed by atoms with Crippen LogP contribution in [0.1, 0.15) is 27.6 Å². The lowest BCUT2D eigenvalue weighted by Crippen LogP contribution is -1.98. The van der Waals surface area contributed by atoms with Crippen molar-refractivity contribution in [2.75, 3.05) is 0 Å². The number of halogens is 3. The average Bonchev–Trinajstić information content (AvgIpc) is 2.32. The molecule has 0 amide bonds. The molecule has 0 aliphatic rings. The van der Waals surface area contributed by atoms with Crippen LogP contribution in [-0.4, -0.2) is 0 Å². The first kappa shape index (κ1) is 14.0. The molecule has 0 aromatic heterocycles. The molecule has 0 fully saturated rings. The van der Waals surface area contributed by atoms with Crippen molar-refractivity contribution in [3.8, 4) is 0 Å². The highest BCUT2D eigenvalue weighted by molar-refractivity contribution is 6.20. The maximum absolute atomic E-state index is 13.1. The Morgan fingerprint density at radius 1 is 0.947 bits per heavy atom. The average molecular weight is 281 g/mol. The molecule has 2 aromatic carbocycles. The first-order valence-corrected chi connectivity index (χ1v) is 6.55. The van der Waals surface area contributed by atoms with Gasteiger partial charge in [0, 0.05) is 6.07 Å². The summed E-state index contributed by atoms with van der Waals surface area (Å²) in [6.07, 6.45) is 0.547. The molecule has 19 heavy (non-hydrogen) atoms. The van der Waals surface area contributed by atoms with E-state index in [1.807, 2.05) is 26.0 Å². The lowest BCUT2D eigenvalue weighted by atomic mass is 10.00. The normalized spacial score (nSPS) is 12.5. The van der Waals surface area contributed by atoms with Gasteiger partial charge in [-0.2, -0.15) is 0 Å². The third kappa shape index (κ3) is 3.54. The minimum atomic E-state index is -0.597. The highest BCUT2D eigenvalue weighted by Crippen LogP contribution is 2.27. The fourth-order valence-corrected chi connectivity index (χ4v) is 2.32. The monoisotopic (exact) mass is 280 g/mol. The molecule has 0 bridgehead atoms. The Morgan fingerprint density at radius 2 is 1.58 bits per heavy atom. The maximum atomic E-state index is 13.1. The molecule has 0 nitrogen and oxygen atoms in total. The van der Waals surface area contributed by atoms with Gasteiger partial charge in [-0.1, -0.05) is 18.2 Å². The summed E-state index contributed by atoms with van der Waals surface area (Å²) in [5, 5.41) is -0.438. The van der Waals surface area contributed by atoms with E-state index in [9.17, 15) is 8.78 Å². The minimum absolute atomic E-state index is 0.438. The Hall–Kier alpha value is -1.41. The van der Waals surface area contributed by atoms with Gasteiger partial charge in [0.15, 0.2) is 0 Å². The van der Waals surface area contributed by atoms with Gasteiger partial charge in [0.1, 0.15) is 11.6 Å². The first-order chi connectivity index (χ1) is 8.95. The van der Waals surface area contributed by atoms with E-state index in [4.69, 9.17) is 11.6 Å². The first-order valence-electron chi connectivity index (χ1n) is 6.12. The molecule has 0 radical (unpaired) electrons. The molecule has 0 saturated heterocycles. The third-order valence-corrected chi connectivity index (χ3v) is 3.64. The van der Waals surface area contributed by atoms with Crippen molar-refractivity contribution in [2.24, 2.45) is 0 Å². The molecule has 1 atom stereocenters. The SMILES string of the molecule is Cc1ccc(CC(Cl)c2cc(F)cc(F)c2)cc1C. The van der Waals surface area contributed by atoms with E-state index in [0.717, 1.165) is 11.6 Å². The predicted molar refractivity (Wildman–Crippen MR) is 74.6 cm³/mol. The van der Waals surface area contributed by atoms with Gasteiger partial charge in [0.2, 0.25) is 0 Å². The fraction of sp³-hybridized carbons (Fsp3) is 0.250. The zero-order chi connectivity index (χ0) is 14.0. The van der Waals surface area contributed by atoms with Crippen molar-refractivity contribution in [3.63, 3.8) is 0 Å². The lowest BCUT2D eigenvalue weighted by molar-refractivity contribution is 0.579. The highest BCUT2D eigenvalue weighted by atomic mass is 35.5. The van der Waals surface area contributed by atoms with Crippen LogP contribution in [0.4, 0.5) is 8.78 Å². The summed E-state index contributed by atoms with van der Waals surface area (Å²) in [4.78, 5) is 0. The predicted octanol–water partition coefficient (Wildman–Crippen LogP) is 5.10. The van der Waals surface area contributed by atoms with Crippen LogP contribution in [0, 0.1) is 25.5 Å². The second kappa shape index (κ2) is 5.70. The number of alkyl halides is 1. The molecule has 0 aliphatic heterocycles. The van der Waals surface area contributed by atoms with Crippen molar-refractivity contribution >= 4 is 11.6 Å². The molecule has 0 saturated carbocycles. The minimum Gasteiger partial charge on any atom is -0.207 e. The molecular weight excluding hydrogens is 266 g/mol. The molecule has 0 N–H and O–H groups in total. The van der Waals surface area contributed by atoms with E-state index in [-0.39, 0.29) is 0 Å². The van der Waals surface area contributed by atoms with Crippen LogP contribution >= 0.6 is 11.6 Å². The van der Waals surface area contributed by atoms with Crippen LogP contribution in [0.2, 0.25) is 0 Å². The molecule has 2 rings (SSSR count). The molecule has 0 heterocycles. The Labute approximate surface area is 117 Å². The molecular formula is C16H15ClF2. The van der Waals surface area contributed by atoms with Crippen molar-refractivity contribution in [3.05, 3.63) is 70.3 Å². The van der Waals surface area contributed by atoms with Crippen LogP contribution in [0.15, 0.2) is 36.4 Å². The van der Waals surface area contributed by atoms with Crippen LogP contribution < -0.4 is 0 Å². The molecule has 2 aromatic rings. The Kier molecular flexibility index (Phi) is 4.20. The van der Waals surface area contributed by atoms with E-state index < -0.39 is 17.0 Å². The van der Waals surface area contributed by atoms with Crippen molar-refractivity contribution in [2.45, 2.75) is 25.6 Å². The molecule has 3 heteroatoms. The van der Waals surface area contributed by atoms with Crippen LogP contribution in [0.5, 0.6) is 0 Å². The molecule has 100 valence electrons. The smallest absolute Gasteiger partial charge is 0.126 e. The second-order valence-corrected chi connectivity index (χ2v) is 5.32. The van der Waals surface area contributed by atoms with Crippen LogP contribution in [0.3, 0.4) is 0 Å². The highest BCUT2D eigenvalue weighted by Gasteiger charge is 2.12. The summed E-state index contributed by atoms with van der Waals surface area (Å²) < 4.78 is 26.3. The van der Waals surface area contributed by atoms with E-state index in [2.05, 4.69) is 6.07 Å².